The molecule has 1 amide bonds. The molecule has 0 saturated carbocycles. The molecule has 1 aliphatic rings. The molecule has 3 rings (SSSR count). The van der Waals surface area contributed by atoms with Crippen molar-refractivity contribution in [2.24, 2.45) is 0 Å². The molecule has 5 heteroatoms. The van der Waals surface area contributed by atoms with E-state index in [0.717, 1.165) is 30.8 Å². The number of hydrogen-bond donors (Lipinski definition) is 1. The van der Waals surface area contributed by atoms with E-state index in [1.807, 2.05) is 55.5 Å². The zero-order valence-electron chi connectivity index (χ0n) is 15.2. The Kier molecular flexibility index (Phi) is 6.26. The first-order valence-corrected chi connectivity index (χ1v) is 8.99. The van der Waals surface area contributed by atoms with Crippen LogP contribution in [0.4, 0.5) is 5.69 Å². The van der Waals surface area contributed by atoms with Crippen LogP contribution >= 0.6 is 0 Å². The standard InChI is InChI=1S/C21H25NO4/c1-15-9-11-17(12-10-15)26-20-8-4-3-7-19(20)22-21(23)16(2)25-14-18-6-5-13-24-18/h3-4,7-12,16,18H,5-6,13-14H2,1-2H3,(H,22,23). The SMILES string of the molecule is Cc1ccc(Oc2ccccc2NC(=O)C(C)OCC2CCCO2)cc1. The van der Waals surface area contributed by atoms with Gasteiger partial charge in [-0.15, -0.1) is 0 Å². The Balaban J connectivity index is 1.59. The lowest BCUT2D eigenvalue weighted by molar-refractivity contribution is -0.128. The van der Waals surface area contributed by atoms with Gasteiger partial charge >= 0.3 is 0 Å². The highest BCUT2D eigenvalue weighted by Gasteiger charge is 2.20. The number of hydrogen-bond acceptors (Lipinski definition) is 4. The number of para-hydroxylation sites is 2. The molecule has 138 valence electrons. The van der Waals surface area contributed by atoms with Crippen molar-refractivity contribution in [2.75, 3.05) is 18.5 Å². The van der Waals surface area contributed by atoms with Crippen LogP contribution in [-0.2, 0) is 14.3 Å². The van der Waals surface area contributed by atoms with Gasteiger partial charge in [-0.25, -0.2) is 0 Å². The van der Waals surface area contributed by atoms with Crippen LogP contribution in [0.1, 0.15) is 25.3 Å². The van der Waals surface area contributed by atoms with Gasteiger partial charge in [-0.05, 0) is 51.0 Å². The van der Waals surface area contributed by atoms with Gasteiger partial charge in [-0.2, -0.15) is 0 Å². The topological polar surface area (TPSA) is 56.8 Å². The van der Waals surface area contributed by atoms with Crippen LogP contribution in [0.5, 0.6) is 11.5 Å². The predicted octanol–water partition coefficient (Wildman–Crippen LogP) is 4.31. The highest BCUT2D eigenvalue weighted by molar-refractivity contribution is 5.95. The largest absolute Gasteiger partial charge is 0.455 e. The summed E-state index contributed by atoms with van der Waals surface area (Å²) < 4.78 is 17.1. The van der Waals surface area contributed by atoms with Crippen molar-refractivity contribution in [1.82, 2.24) is 0 Å². The second kappa shape index (κ2) is 8.83. The summed E-state index contributed by atoms with van der Waals surface area (Å²) in [6.45, 7) is 4.98. The first-order valence-electron chi connectivity index (χ1n) is 8.99. The molecule has 2 aromatic carbocycles. The van der Waals surface area contributed by atoms with Gasteiger partial charge in [0.15, 0.2) is 5.75 Å². The molecule has 5 nitrogen and oxygen atoms in total. The Hall–Kier alpha value is -2.37. The van der Waals surface area contributed by atoms with Crippen molar-refractivity contribution in [3.63, 3.8) is 0 Å². The number of carbonyl (C=O) groups is 1. The second-order valence-corrected chi connectivity index (χ2v) is 6.51. The Bertz CT molecular complexity index is 723. The molecule has 2 atom stereocenters. The van der Waals surface area contributed by atoms with Gasteiger partial charge in [-0.1, -0.05) is 29.8 Å². The van der Waals surface area contributed by atoms with Crippen molar-refractivity contribution in [2.45, 2.75) is 38.9 Å². The number of nitrogens with one attached hydrogen (secondary N) is 1. The molecule has 2 aromatic rings. The van der Waals surface area contributed by atoms with Crippen LogP contribution in [0.25, 0.3) is 0 Å². The fourth-order valence-electron chi connectivity index (χ4n) is 2.73. The fourth-order valence-corrected chi connectivity index (χ4v) is 2.73. The first-order chi connectivity index (χ1) is 12.6. The van der Waals surface area contributed by atoms with E-state index in [1.54, 1.807) is 6.92 Å². The second-order valence-electron chi connectivity index (χ2n) is 6.51. The van der Waals surface area contributed by atoms with Crippen LogP contribution in [0.15, 0.2) is 48.5 Å². The summed E-state index contributed by atoms with van der Waals surface area (Å²) in [5.41, 5.74) is 1.78. The maximum atomic E-state index is 12.4. The molecule has 26 heavy (non-hydrogen) atoms. The molecular formula is C21H25NO4. The van der Waals surface area contributed by atoms with Crippen LogP contribution in [-0.4, -0.2) is 31.3 Å². The summed E-state index contributed by atoms with van der Waals surface area (Å²) in [6.07, 6.45) is 1.58. The normalized spacial score (nSPS) is 17.7. The van der Waals surface area contributed by atoms with E-state index in [-0.39, 0.29) is 12.0 Å². The lowest BCUT2D eigenvalue weighted by Gasteiger charge is -2.17. The molecular weight excluding hydrogens is 330 g/mol. The van der Waals surface area contributed by atoms with Gasteiger partial charge < -0.3 is 19.5 Å². The third-order valence-electron chi connectivity index (χ3n) is 4.32. The molecule has 1 saturated heterocycles. The third-order valence-corrected chi connectivity index (χ3v) is 4.32. The molecule has 0 aromatic heterocycles. The number of anilines is 1. The quantitative estimate of drug-likeness (QED) is 0.804. The van der Waals surface area contributed by atoms with Crippen LogP contribution in [0, 0.1) is 6.92 Å². The van der Waals surface area contributed by atoms with E-state index in [1.165, 1.54) is 0 Å². The molecule has 0 spiro atoms. The van der Waals surface area contributed by atoms with Gasteiger partial charge in [0.1, 0.15) is 11.9 Å². The average molecular weight is 355 g/mol. The van der Waals surface area contributed by atoms with Gasteiger partial charge in [0.2, 0.25) is 0 Å². The molecule has 1 fully saturated rings. The predicted molar refractivity (Wildman–Crippen MR) is 101 cm³/mol. The molecule has 1 N–H and O–H groups in total. The monoisotopic (exact) mass is 355 g/mol. The minimum absolute atomic E-state index is 0.0995. The van der Waals surface area contributed by atoms with E-state index < -0.39 is 6.10 Å². The Morgan fingerprint density at radius 1 is 1.23 bits per heavy atom. The first kappa shape index (κ1) is 18.4. The van der Waals surface area contributed by atoms with E-state index >= 15 is 0 Å². The zero-order chi connectivity index (χ0) is 18.4. The number of ether oxygens (including phenoxy) is 3. The lowest BCUT2D eigenvalue weighted by Crippen LogP contribution is -2.30. The van der Waals surface area contributed by atoms with Crippen molar-refractivity contribution >= 4 is 11.6 Å². The number of carbonyl (C=O) groups excluding carboxylic acids is 1. The van der Waals surface area contributed by atoms with Gasteiger partial charge in [0.05, 0.1) is 18.4 Å². The third kappa shape index (κ3) is 5.07. The number of benzene rings is 2. The summed E-state index contributed by atoms with van der Waals surface area (Å²) in [5.74, 6) is 1.11. The van der Waals surface area contributed by atoms with Crippen molar-refractivity contribution < 1.29 is 19.0 Å². The maximum Gasteiger partial charge on any atom is 0.253 e. The maximum absolute atomic E-state index is 12.4. The summed E-state index contributed by atoms with van der Waals surface area (Å²) in [4.78, 5) is 12.4. The number of aryl methyl sites for hydroxylation is 1. The summed E-state index contributed by atoms with van der Waals surface area (Å²) in [6, 6.07) is 15.1. The summed E-state index contributed by atoms with van der Waals surface area (Å²) in [7, 11) is 0. The van der Waals surface area contributed by atoms with E-state index in [0.29, 0.717) is 18.0 Å². The van der Waals surface area contributed by atoms with E-state index in [4.69, 9.17) is 14.2 Å². The zero-order valence-corrected chi connectivity index (χ0v) is 15.2. The van der Waals surface area contributed by atoms with Gasteiger partial charge in [0.25, 0.3) is 5.91 Å². The smallest absolute Gasteiger partial charge is 0.253 e. The average Bonchev–Trinajstić information content (AvgIpc) is 3.16. The van der Waals surface area contributed by atoms with E-state index in [9.17, 15) is 4.79 Å². The molecule has 1 aliphatic heterocycles. The minimum Gasteiger partial charge on any atom is -0.455 e. The Morgan fingerprint density at radius 2 is 2.00 bits per heavy atom. The fraction of sp³-hybridized carbons (Fsp3) is 0.381. The van der Waals surface area contributed by atoms with Gasteiger partial charge in [-0.3, -0.25) is 4.79 Å². The molecule has 0 aliphatic carbocycles. The van der Waals surface area contributed by atoms with E-state index in [2.05, 4.69) is 5.32 Å². The highest BCUT2D eigenvalue weighted by Crippen LogP contribution is 2.29. The summed E-state index contributed by atoms with van der Waals surface area (Å²) in [5, 5.41) is 2.89. The van der Waals surface area contributed by atoms with Crippen molar-refractivity contribution in [3.8, 4) is 11.5 Å². The molecule has 0 radical (unpaired) electrons. The van der Waals surface area contributed by atoms with Crippen LogP contribution in [0.2, 0.25) is 0 Å². The van der Waals surface area contributed by atoms with Crippen molar-refractivity contribution in [1.29, 1.82) is 0 Å². The molecule has 1 heterocycles. The Morgan fingerprint density at radius 3 is 2.73 bits per heavy atom. The number of rotatable bonds is 7. The van der Waals surface area contributed by atoms with Crippen LogP contribution in [0.3, 0.4) is 0 Å². The van der Waals surface area contributed by atoms with Crippen LogP contribution < -0.4 is 10.1 Å². The number of amides is 1. The van der Waals surface area contributed by atoms with Crippen molar-refractivity contribution in [3.05, 3.63) is 54.1 Å². The highest BCUT2D eigenvalue weighted by atomic mass is 16.5. The van der Waals surface area contributed by atoms with Gasteiger partial charge in [0, 0.05) is 6.61 Å². The molecule has 2 unspecified atom stereocenters. The summed E-state index contributed by atoms with van der Waals surface area (Å²) >= 11 is 0. The lowest BCUT2D eigenvalue weighted by atomic mass is 10.2. The Labute approximate surface area is 154 Å². The molecule has 0 bridgehead atoms. The minimum atomic E-state index is -0.563.